The van der Waals surface area contributed by atoms with Crippen molar-refractivity contribution in [2.75, 3.05) is 26.4 Å². The van der Waals surface area contributed by atoms with Crippen molar-refractivity contribution in [1.29, 1.82) is 0 Å². The first kappa shape index (κ1) is 20.0. The molecule has 8 nitrogen and oxygen atoms in total. The molecule has 0 saturated carbocycles. The lowest BCUT2D eigenvalue weighted by Crippen LogP contribution is -2.41. The lowest BCUT2D eigenvalue weighted by atomic mass is 10.3. The molecule has 3 amide bonds. The minimum atomic E-state index is -0.725. The first-order valence-corrected chi connectivity index (χ1v) is 7.75. The summed E-state index contributed by atoms with van der Waals surface area (Å²) in [5.74, 6) is -0.231. The van der Waals surface area contributed by atoms with Gasteiger partial charge in [-0.3, -0.25) is 14.9 Å². The number of nitrogens with one attached hydrogen (secondary N) is 2. The second-order valence-corrected chi connectivity index (χ2v) is 4.69. The van der Waals surface area contributed by atoms with Crippen LogP contribution in [0.15, 0.2) is 36.9 Å². The van der Waals surface area contributed by atoms with Crippen molar-refractivity contribution in [3.63, 3.8) is 0 Å². The molecular formula is C17H22N2O6. The molecule has 0 saturated heterocycles. The number of carbonyl (C=O) groups is 3. The molecule has 25 heavy (non-hydrogen) atoms. The van der Waals surface area contributed by atoms with Crippen LogP contribution >= 0.6 is 0 Å². The van der Waals surface area contributed by atoms with Crippen LogP contribution in [0.25, 0.3) is 0 Å². The van der Waals surface area contributed by atoms with Crippen molar-refractivity contribution in [3.8, 4) is 11.5 Å². The number of urea groups is 1. The quantitative estimate of drug-likeness (QED) is 0.488. The number of benzene rings is 1. The standard InChI is InChI=1S/C17H22N2O6/c1-3-10-18-17(22)19-15(20)12-25-16(21)9-11-24-14-8-6-5-7-13(14)23-4-2/h3,5-8H,1,4,9-12H2,2H3,(H2,18,19,20,22). The number of amides is 3. The first-order valence-electron chi connectivity index (χ1n) is 7.75. The fourth-order valence-corrected chi connectivity index (χ4v) is 1.68. The summed E-state index contributed by atoms with van der Waals surface area (Å²) in [6.07, 6.45) is 1.42. The van der Waals surface area contributed by atoms with E-state index in [9.17, 15) is 14.4 Å². The van der Waals surface area contributed by atoms with Gasteiger partial charge in [0.05, 0.1) is 19.6 Å². The summed E-state index contributed by atoms with van der Waals surface area (Å²) in [7, 11) is 0. The number of imide groups is 1. The second kappa shape index (κ2) is 11.5. The van der Waals surface area contributed by atoms with Crippen molar-refractivity contribution < 1.29 is 28.6 Å². The predicted molar refractivity (Wildman–Crippen MR) is 90.4 cm³/mol. The van der Waals surface area contributed by atoms with E-state index >= 15 is 0 Å². The SMILES string of the molecule is C=CCNC(=O)NC(=O)COC(=O)CCOc1ccccc1OCC. The molecule has 0 unspecified atom stereocenters. The van der Waals surface area contributed by atoms with Gasteiger partial charge in [0.1, 0.15) is 0 Å². The second-order valence-electron chi connectivity index (χ2n) is 4.69. The predicted octanol–water partition coefficient (Wildman–Crippen LogP) is 1.41. The van der Waals surface area contributed by atoms with Crippen LogP contribution in [-0.2, 0) is 14.3 Å². The van der Waals surface area contributed by atoms with Gasteiger partial charge < -0.3 is 19.5 Å². The van der Waals surface area contributed by atoms with Gasteiger partial charge in [0.25, 0.3) is 5.91 Å². The fraction of sp³-hybridized carbons (Fsp3) is 0.353. The van der Waals surface area contributed by atoms with Crippen LogP contribution in [0.1, 0.15) is 13.3 Å². The Morgan fingerprint density at radius 2 is 1.84 bits per heavy atom. The van der Waals surface area contributed by atoms with E-state index in [1.807, 2.05) is 18.3 Å². The third kappa shape index (κ3) is 8.40. The molecule has 136 valence electrons. The molecule has 0 atom stereocenters. The summed E-state index contributed by atoms with van der Waals surface area (Å²) >= 11 is 0. The molecule has 1 rings (SSSR count). The minimum Gasteiger partial charge on any atom is -0.490 e. The van der Waals surface area contributed by atoms with E-state index < -0.39 is 24.5 Å². The third-order valence-corrected chi connectivity index (χ3v) is 2.74. The zero-order chi connectivity index (χ0) is 18.5. The number of esters is 1. The molecule has 1 aromatic rings. The highest BCUT2D eigenvalue weighted by Crippen LogP contribution is 2.26. The molecule has 0 bridgehead atoms. The zero-order valence-electron chi connectivity index (χ0n) is 14.1. The fourth-order valence-electron chi connectivity index (χ4n) is 1.68. The third-order valence-electron chi connectivity index (χ3n) is 2.74. The van der Waals surface area contributed by atoms with Gasteiger partial charge in [-0.25, -0.2) is 4.79 Å². The molecule has 0 spiro atoms. The Kier molecular flexibility index (Phi) is 9.20. The maximum atomic E-state index is 11.6. The Morgan fingerprint density at radius 1 is 1.16 bits per heavy atom. The van der Waals surface area contributed by atoms with Crippen LogP contribution in [0, 0.1) is 0 Å². The van der Waals surface area contributed by atoms with Crippen molar-refractivity contribution in [1.82, 2.24) is 10.6 Å². The van der Waals surface area contributed by atoms with E-state index in [4.69, 9.17) is 14.2 Å². The number of para-hydroxylation sites is 2. The Bertz CT molecular complexity index is 603. The van der Waals surface area contributed by atoms with Crippen LogP contribution in [0.5, 0.6) is 11.5 Å². The monoisotopic (exact) mass is 350 g/mol. The molecule has 0 fully saturated rings. The number of rotatable bonds is 10. The van der Waals surface area contributed by atoms with Gasteiger partial charge in [0.15, 0.2) is 18.1 Å². The Labute approximate surface area is 146 Å². The number of hydrogen-bond donors (Lipinski definition) is 2. The van der Waals surface area contributed by atoms with Crippen LogP contribution in [0.4, 0.5) is 4.79 Å². The van der Waals surface area contributed by atoms with Gasteiger partial charge >= 0.3 is 12.0 Å². The lowest BCUT2D eigenvalue weighted by molar-refractivity contribution is -0.148. The molecule has 8 heteroatoms. The minimum absolute atomic E-state index is 0.0452. The molecular weight excluding hydrogens is 328 g/mol. The van der Waals surface area contributed by atoms with Crippen LogP contribution < -0.4 is 20.1 Å². The molecule has 0 aromatic heterocycles. The van der Waals surface area contributed by atoms with Crippen molar-refractivity contribution in [3.05, 3.63) is 36.9 Å². The summed E-state index contributed by atoms with van der Waals surface area (Å²) in [6, 6.07) is 6.41. The maximum absolute atomic E-state index is 11.6. The molecule has 0 aliphatic carbocycles. The Morgan fingerprint density at radius 3 is 2.48 bits per heavy atom. The number of ether oxygens (including phenoxy) is 3. The topological polar surface area (TPSA) is 103 Å². The summed E-state index contributed by atoms with van der Waals surface area (Å²) in [5.41, 5.74) is 0. The van der Waals surface area contributed by atoms with Crippen LogP contribution in [-0.4, -0.2) is 44.3 Å². The normalized spacial score (nSPS) is 9.64. The Hall–Kier alpha value is -3.03. The molecule has 1 aromatic carbocycles. The van der Waals surface area contributed by atoms with Crippen molar-refractivity contribution >= 4 is 17.9 Å². The highest BCUT2D eigenvalue weighted by Gasteiger charge is 2.11. The van der Waals surface area contributed by atoms with Crippen LogP contribution in [0.2, 0.25) is 0 Å². The first-order chi connectivity index (χ1) is 12.1. The highest BCUT2D eigenvalue weighted by atomic mass is 16.5. The van der Waals surface area contributed by atoms with E-state index in [0.29, 0.717) is 18.1 Å². The number of hydrogen-bond acceptors (Lipinski definition) is 6. The Balaban J connectivity index is 2.26. The van der Waals surface area contributed by atoms with Crippen LogP contribution in [0.3, 0.4) is 0 Å². The van der Waals surface area contributed by atoms with Crippen molar-refractivity contribution in [2.24, 2.45) is 0 Å². The average Bonchev–Trinajstić information content (AvgIpc) is 2.60. The van der Waals surface area contributed by atoms with E-state index in [2.05, 4.69) is 11.9 Å². The molecule has 0 radical (unpaired) electrons. The van der Waals surface area contributed by atoms with E-state index in [1.54, 1.807) is 18.2 Å². The van der Waals surface area contributed by atoms with Gasteiger partial charge in [0, 0.05) is 6.54 Å². The smallest absolute Gasteiger partial charge is 0.321 e. The average molecular weight is 350 g/mol. The number of carbonyl (C=O) groups excluding carboxylic acids is 3. The summed E-state index contributed by atoms with van der Waals surface area (Å²) in [6.45, 7) is 5.53. The molecule has 0 aliphatic rings. The van der Waals surface area contributed by atoms with E-state index in [0.717, 1.165) is 0 Å². The van der Waals surface area contributed by atoms with Gasteiger partial charge in [-0.1, -0.05) is 18.2 Å². The zero-order valence-corrected chi connectivity index (χ0v) is 14.1. The summed E-state index contributed by atoms with van der Waals surface area (Å²) in [5, 5.41) is 4.37. The highest BCUT2D eigenvalue weighted by molar-refractivity contribution is 5.95. The maximum Gasteiger partial charge on any atom is 0.321 e. The molecule has 0 aliphatic heterocycles. The lowest BCUT2D eigenvalue weighted by Gasteiger charge is -2.11. The van der Waals surface area contributed by atoms with Gasteiger partial charge in [0.2, 0.25) is 0 Å². The molecule has 2 N–H and O–H groups in total. The van der Waals surface area contributed by atoms with Gasteiger partial charge in [-0.2, -0.15) is 0 Å². The van der Waals surface area contributed by atoms with Gasteiger partial charge in [-0.15, -0.1) is 6.58 Å². The van der Waals surface area contributed by atoms with E-state index in [-0.39, 0.29) is 19.6 Å². The van der Waals surface area contributed by atoms with Crippen molar-refractivity contribution in [2.45, 2.75) is 13.3 Å². The largest absolute Gasteiger partial charge is 0.490 e. The summed E-state index contributed by atoms with van der Waals surface area (Å²) < 4.78 is 15.6. The van der Waals surface area contributed by atoms with Gasteiger partial charge in [-0.05, 0) is 19.1 Å². The summed E-state index contributed by atoms with van der Waals surface area (Å²) in [4.78, 5) is 34.2. The molecule has 0 heterocycles. The van der Waals surface area contributed by atoms with E-state index in [1.165, 1.54) is 6.08 Å².